The second-order valence-corrected chi connectivity index (χ2v) is 9.88. The number of hydrogen-bond donors (Lipinski definition) is 0. The molecule has 2 heterocycles. The molecular weight excluding hydrogens is 456 g/mol. The number of nitrogens with zero attached hydrogens (tertiary/aromatic N) is 2. The number of anilines is 1. The average molecular weight is 479 g/mol. The molecule has 2 aliphatic heterocycles. The van der Waals surface area contributed by atoms with Gasteiger partial charge in [0.25, 0.3) is 11.8 Å². The van der Waals surface area contributed by atoms with Gasteiger partial charge in [-0.1, -0.05) is 47.5 Å². The third-order valence-corrected chi connectivity index (χ3v) is 8.01. The van der Waals surface area contributed by atoms with Crippen molar-refractivity contribution in [1.82, 2.24) is 4.90 Å². The van der Waals surface area contributed by atoms with Crippen molar-refractivity contribution in [3.8, 4) is 5.75 Å². The molecule has 1 spiro atoms. The van der Waals surface area contributed by atoms with Gasteiger partial charge in [-0.3, -0.25) is 9.59 Å². The Bertz CT molecular complexity index is 1250. The van der Waals surface area contributed by atoms with Crippen LogP contribution in [-0.4, -0.2) is 36.1 Å². The summed E-state index contributed by atoms with van der Waals surface area (Å²) in [5.41, 5.74) is 4.14. The maximum Gasteiger partial charge on any atom is 0.268 e. The van der Waals surface area contributed by atoms with E-state index in [-0.39, 0.29) is 11.8 Å². The molecule has 2 aliphatic rings. The van der Waals surface area contributed by atoms with Crippen LogP contribution in [0.4, 0.5) is 5.69 Å². The molecule has 0 aliphatic carbocycles. The highest BCUT2D eigenvalue weighted by atomic mass is 35.5. The molecule has 1 atom stereocenters. The summed E-state index contributed by atoms with van der Waals surface area (Å²) < 4.78 is 5.22. The molecule has 0 N–H and O–H groups in total. The molecule has 1 unspecified atom stereocenters. The van der Waals surface area contributed by atoms with E-state index in [2.05, 4.69) is 0 Å². The van der Waals surface area contributed by atoms with Gasteiger partial charge in [0.2, 0.25) is 0 Å². The van der Waals surface area contributed by atoms with E-state index in [0.29, 0.717) is 35.2 Å². The molecule has 0 bridgehead atoms. The first-order chi connectivity index (χ1) is 16.0. The van der Waals surface area contributed by atoms with E-state index < -0.39 is 4.87 Å². The van der Waals surface area contributed by atoms with Crippen LogP contribution in [0.3, 0.4) is 0 Å². The quantitative estimate of drug-likeness (QED) is 0.514. The first-order valence-corrected chi connectivity index (χ1v) is 12.1. The molecule has 3 aromatic rings. The molecule has 5 rings (SSSR count). The zero-order valence-corrected chi connectivity index (χ0v) is 19.9. The zero-order valence-electron chi connectivity index (χ0n) is 18.4. The number of aryl methyl sites for hydroxylation is 1. The van der Waals surface area contributed by atoms with Crippen molar-refractivity contribution in [2.24, 2.45) is 0 Å². The number of fused-ring (bicyclic) bond motifs is 2. The van der Waals surface area contributed by atoms with Gasteiger partial charge in [-0.05, 0) is 48.9 Å². The summed E-state index contributed by atoms with van der Waals surface area (Å²) in [6.07, 6.45) is 0. The second-order valence-electron chi connectivity index (χ2n) is 8.18. The van der Waals surface area contributed by atoms with Crippen molar-refractivity contribution in [3.63, 3.8) is 0 Å². The van der Waals surface area contributed by atoms with Crippen LogP contribution in [0.15, 0.2) is 66.7 Å². The maximum atomic E-state index is 14.1. The van der Waals surface area contributed by atoms with Gasteiger partial charge in [-0.25, -0.2) is 0 Å². The molecule has 0 saturated carbocycles. The van der Waals surface area contributed by atoms with Crippen LogP contribution in [0.1, 0.15) is 27.0 Å². The fraction of sp³-hybridized carbons (Fsp3) is 0.231. The number of halogens is 1. The van der Waals surface area contributed by atoms with E-state index in [1.165, 1.54) is 11.8 Å². The number of carbonyl (C=O) groups is 2. The van der Waals surface area contributed by atoms with E-state index in [1.807, 2.05) is 49.4 Å². The molecule has 2 amide bonds. The van der Waals surface area contributed by atoms with Crippen LogP contribution in [0.5, 0.6) is 5.75 Å². The average Bonchev–Trinajstić information content (AvgIpc) is 3.37. The van der Waals surface area contributed by atoms with E-state index in [4.69, 9.17) is 16.3 Å². The van der Waals surface area contributed by atoms with Gasteiger partial charge >= 0.3 is 0 Å². The largest absolute Gasteiger partial charge is 0.497 e. The van der Waals surface area contributed by atoms with Gasteiger partial charge < -0.3 is 14.5 Å². The molecule has 0 aromatic heterocycles. The Labute approximate surface area is 202 Å². The fourth-order valence-electron chi connectivity index (χ4n) is 4.57. The predicted octanol–water partition coefficient (Wildman–Crippen LogP) is 5.25. The lowest BCUT2D eigenvalue weighted by atomic mass is 10.0. The Morgan fingerprint density at radius 1 is 1.12 bits per heavy atom. The number of hydrogen-bond acceptors (Lipinski definition) is 4. The Kier molecular flexibility index (Phi) is 5.59. The van der Waals surface area contributed by atoms with Gasteiger partial charge in [-0.2, -0.15) is 0 Å². The number of carbonyl (C=O) groups excluding carboxylic acids is 2. The van der Waals surface area contributed by atoms with Crippen LogP contribution in [0.25, 0.3) is 0 Å². The normalized spacial score (nSPS) is 19.3. The van der Waals surface area contributed by atoms with Crippen LogP contribution >= 0.6 is 23.4 Å². The summed E-state index contributed by atoms with van der Waals surface area (Å²) in [5.74, 6) is 1.09. The van der Waals surface area contributed by atoms with Gasteiger partial charge in [0.05, 0.1) is 19.3 Å². The highest BCUT2D eigenvalue weighted by Gasteiger charge is 2.59. The Balaban J connectivity index is 1.58. The molecule has 168 valence electrons. The minimum atomic E-state index is -1.08. The van der Waals surface area contributed by atoms with Gasteiger partial charge in [0.1, 0.15) is 5.75 Å². The Morgan fingerprint density at radius 3 is 2.61 bits per heavy atom. The fourth-order valence-corrected chi connectivity index (χ4v) is 6.22. The van der Waals surface area contributed by atoms with Crippen LogP contribution < -0.4 is 9.64 Å². The Morgan fingerprint density at radius 2 is 1.88 bits per heavy atom. The molecule has 1 fully saturated rings. The minimum Gasteiger partial charge on any atom is -0.497 e. The van der Waals surface area contributed by atoms with Crippen molar-refractivity contribution in [1.29, 1.82) is 0 Å². The molecule has 7 heteroatoms. The lowest BCUT2D eigenvalue weighted by Crippen LogP contribution is -2.50. The van der Waals surface area contributed by atoms with Crippen LogP contribution in [0.2, 0.25) is 5.02 Å². The third kappa shape index (κ3) is 3.49. The minimum absolute atomic E-state index is 0.104. The highest BCUT2D eigenvalue weighted by Crippen LogP contribution is 2.55. The summed E-state index contributed by atoms with van der Waals surface area (Å²) in [6.45, 7) is 2.85. The van der Waals surface area contributed by atoms with Crippen LogP contribution in [0, 0.1) is 6.92 Å². The second kappa shape index (κ2) is 8.43. The number of ether oxygens (including phenoxy) is 1. The molecule has 0 radical (unpaired) electrons. The summed E-state index contributed by atoms with van der Waals surface area (Å²) in [7, 11) is 1.59. The molecular formula is C26H23ClN2O3S. The van der Waals surface area contributed by atoms with Crippen molar-refractivity contribution < 1.29 is 14.3 Å². The van der Waals surface area contributed by atoms with E-state index in [1.54, 1.807) is 41.2 Å². The SMILES string of the molecule is COc1ccc(C(=O)N2CCSC23C(=O)N(Cc2ccccc2Cl)c2ccc(C)cc23)cc1. The molecule has 3 aromatic carbocycles. The topological polar surface area (TPSA) is 49.9 Å². The first-order valence-electron chi connectivity index (χ1n) is 10.7. The summed E-state index contributed by atoms with van der Waals surface area (Å²) in [6, 6.07) is 20.6. The van der Waals surface area contributed by atoms with Gasteiger partial charge in [0.15, 0.2) is 4.87 Å². The van der Waals surface area contributed by atoms with Crippen molar-refractivity contribution >= 4 is 40.9 Å². The van der Waals surface area contributed by atoms with E-state index in [0.717, 1.165) is 22.4 Å². The lowest BCUT2D eigenvalue weighted by molar-refractivity contribution is -0.123. The smallest absolute Gasteiger partial charge is 0.268 e. The van der Waals surface area contributed by atoms with Crippen molar-refractivity contribution in [3.05, 3.63) is 94.0 Å². The number of methoxy groups -OCH3 is 1. The zero-order chi connectivity index (χ0) is 23.2. The summed E-state index contributed by atoms with van der Waals surface area (Å²) in [4.78, 5) is 30.2. The monoisotopic (exact) mass is 478 g/mol. The molecule has 1 saturated heterocycles. The Hall–Kier alpha value is -2.96. The lowest BCUT2D eigenvalue weighted by Gasteiger charge is -2.33. The van der Waals surface area contributed by atoms with E-state index in [9.17, 15) is 9.59 Å². The maximum absolute atomic E-state index is 14.1. The molecule has 33 heavy (non-hydrogen) atoms. The number of thioether (sulfide) groups is 1. The number of benzene rings is 3. The number of amides is 2. The first kappa shape index (κ1) is 21.9. The van der Waals surface area contributed by atoms with Gasteiger partial charge in [-0.15, -0.1) is 11.8 Å². The predicted molar refractivity (Wildman–Crippen MR) is 132 cm³/mol. The van der Waals surface area contributed by atoms with Crippen molar-refractivity contribution in [2.75, 3.05) is 24.3 Å². The van der Waals surface area contributed by atoms with Crippen molar-refractivity contribution in [2.45, 2.75) is 18.3 Å². The molecule has 5 nitrogen and oxygen atoms in total. The van der Waals surface area contributed by atoms with Gasteiger partial charge in [0, 0.05) is 28.4 Å². The summed E-state index contributed by atoms with van der Waals surface area (Å²) >= 11 is 7.95. The standard InChI is InChI=1S/C26H23ClN2O3S/c1-17-7-12-23-21(15-17)26(25(31)28(23)16-19-5-3-4-6-22(19)27)29(13-14-33-26)24(30)18-8-10-20(32-2)11-9-18/h3-12,15H,13-14,16H2,1-2H3. The van der Waals surface area contributed by atoms with Crippen LogP contribution in [-0.2, 0) is 16.2 Å². The summed E-state index contributed by atoms with van der Waals surface area (Å²) in [5, 5.41) is 0.616. The number of rotatable bonds is 4. The highest BCUT2D eigenvalue weighted by molar-refractivity contribution is 8.01. The van der Waals surface area contributed by atoms with E-state index >= 15 is 0 Å². The third-order valence-electron chi connectivity index (χ3n) is 6.22.